The minimum atomic E-state index is 0.287. The van der Waals surface area contributed by atoms with Gasteiger partial charge in [-0.3, -0.25) is 0 Å². The molecule has 3 atom stereocenters. The molecule has 1 aromatic carbocycles. The molecule has 3 unspecified atom stereocenters. The summed E-state index contributed by atoms with van der Waals surface area (Å²) in [4.78, 5) is 0. The van der Waals surface area contributed by atoms with Gasteiger partial charge in [-0.15, -0.1) is 0 Å². The second-order valence-corrected chi connectivity index (χ2v) is 4.70. The maximum Gasteiger partial charge on any atom is 0.120 e. The van der Waals surface area contributed by atoms with Crippen LogP contribution in [0.2, 0.25) is 0 Å². The first kappa shape index (κ1) is 17.8. The maximum atomic E-state index is 9.16. The average Bonchev–Trinajstić information content (AvgIpc) is 2.75. The Morgan fingerprint density at radius 3 is 1.89 bits per heavy atom. The van der Waals surface area contributed by atoms with Gasteiger partial charge in [0.1, 0.15) is 17.6 Å². The topological polar surface area (TPSA) is 29.5 Å². The lowest BCUT2D eigenvalue weighted by Crippen LogP contribution is -2.18. The highest BCUT2D eigenvalue weighted by atomic mass is 16.5. The fourth-order valence-corrected chi connectivity index (χ4v) is 2.38. The zero-order valence-corrected chi connectivity index (χ0v) is 13.3. The van der Waals surface area contributed by atoms with Crippen LogP contribution in [0.5, 0.6) is 11.5 Å². The molecule has 1 aliphatic rings. The van der Waals surface area contributed by atoms with Crippen LogP contribution in [0.1, 0.15) is 54.4 Å². The van der Waals surface area contributed by atoms with Crippen LogP contribution in [-0.4, -0.2) is 11.2 Å². The second-order valence-electron chi connectivity index (χ2n) is 4.70. The van der Waals surface area contributed by atoms with Gasteiger partial charge in [0, 0.05) is 0 Å². The van der Waals surface area contributed by atoms with Crippen molar-refractivity contribution in [3.63, 3.8) is 0 Å². The molecule has 19 heavy (non-hydrogen) atoms. The molecule has 1 fully saturated rings. The smallest absolute Gasteiger partial charge is 0.120 e. The van der Waals surface area contributed by atoms with Crippen LogP contribution in [0, 0.1) is 11.8 Å². The van der Waals surface area contributed by atoms with E-state index in [1.54, 1.807) is 12.1 Å². The third-order valence-corrected chi connectivity index (χ3v) is 3.17. The lowest BCUT2D eigenvalue weighted by molar-refractivity contribution is 0.166. The van der Waals surface area contributed by atoms with Crippen molar-refractivity contribution in [2.45, 2.75) is 60.5 Å². The van der Waals surface area contributed by atoms with E-state index >= 15 is 0 Å². The highest BCUT2D eigenvalue weighted by molar-refractivity contribution is 5.30. The number of phenolic OH excluding ortho intramolecular Hbond substituents is 1. The average molecular weight is 266 g/mol. The summed E-state index contributed by atoms with van der Waals surface area (Å²) in [5, 5.41) is 9.16. The third-order valence-electron chi connectivity index (χ3n) is 3.17. The van der Waals surface area contributed by atoms with E-state index in [1.807, 2.05) is 39.8 Å². The molecule has 1 aromatic rings. The molecule has 1 aliphatic carbocycles. The molecule has 2 heteroatoms. The number of phenols is 1. The first-order chi connectivity index (χ1) is 9.15. The number of hydrogen-bond donors (Lipinski definition) is 1. The number of ether oxygens (including phenoxy) is 1. The van der Waals surface area contributed by atoms with E-state index in [2.05, 4.69) is 13.8 Å². The van der Waals surface area contributed by atoms with Crippen LogP contribution in [-0.2, 0) is 0 Å². The van der Waals surface area contributed by atoms with Crippen molar-refractivity contribution >= 4 is 0 Å². The Hall–Kier alpha value is -1.18. The fraction of sp³-hybridized carbons (Fsp3) is 0.647. The van der Waals surface area contributed by atoms with E-state index in [0.29, 0.717) is 12.0 Å². The van der Waals surface area contributed by atoms with Crippen LogP contribution in [0.4, 0.5) is 0 Å². The van der Waals surface area contributed by atoms with Crippen molar-refractivity contribution in [3.05, 3.63) is 24.3 Å². The van der Waals surface area contributed by atoms with Crippen LogP contribution in [0.25, 0.3) is 0 Å². The lowest BCUT2D eigenvalue weighted by atomic mass is 10.1. The van der Waals surface area contributed by atoms with E-state index in [-0.39, 0.29) is 5.75 Å². The van der Waals surface area contributed by atoms with Gasteiger partial charge in [-0.25, -0.2) is 0 Å². The van der Waals surface area contributed by atoms with Gasteiger partial charge >= 0.3 is 0 Å². The van der Waals surface area contributed by atoms with E-state index in [1.165, 1.54) is 6.42 Å². The predicted octanol–water partition coefficient (Wildman–Crippen LogP) is 5.26. The standard InChI is InChI=1S/C13H18O2.2C2H6/c1-9-7-10(2)13(8-9)15-12-5-3-11(14)4-6-12;2*1-2/h3-6,9-10,13-14H,7-8H2,1-2H3;2*1-2H3. The van der Waals surface area contributed by atoms with Gasteiger partial charge in [-0.05, 0) is 48.9 Å². The van der Waals surface area contributed by atoms with Gasteiger partial charge < -0.3 is 9.84 Å². The summed E-state index contributed by atoms with van der Waals surface area (Å²) in [5.74, 6) is 2.55. The fourth-order valence-electron chi connectivity index (χ4n) is 2.38. The summed E-state index contributed by atoms with van der Waals surface area (Å²) in [7, 11) is 0. The maximum absolute atomic E-state index is 9.16. The molecular formula is C17H30O2. The van der Waals surface area contributed by atoms with Crippen molar-refractivity contribution < 1.29 is 9.84 Å². The monoisotopic (exact) mass is 266 g/mol. The molecule has 1 saturated carbocycles. The summed E-state index contributed by atoms with van der Waals surface area (Å²) < 4.78 is 5.90. The Labute approximate surface area is 118 Å². The van der Waals surface area contributed by atoms with E-state index < -0.39 is 0 Å². The summed E-state index contributed by atoms with van der Waals surface area (Å²) >= 11 is 0. The third kappa shape index (κ3) is 6.00. The molecule has 2 rings (SSSR count). The first-order valence-corrected chi connectivity index (χ1v) is 7.61. The zero-order valence-electron chi connectivity index (χ0n) is 13.3. The second kappa shape index (κ2) is 9.71. The Balaban J connectivity index is 0.000000741. The van der Waals surface area contributed by atoms with Crippen molar-refractivity contribution in [1.29, 1.82) is 0 Å². The lowest BCUT2D eigenvalue weighted by Gasteiger charge is -2.17. The SMILES string of the molecule is CC.CC.CC1CC(C)C(Oc2ccc(O)cc2)C1. The minimum absolute atomic E-state index is 0.287. The molecule has 0 bridgehead atoms. The van der Waals surface area contributed by atoms with E-state index in [0.717, 1.165) is 18.1 Å². The molecular weight excluding hydrogens is 236 g/mol. The normalized spacial score (nSPS) is 24.6. The van der Waals surface area contributed by atoms with Gasteiger partial charge in [0.25, 0.3) is 0 Å². The number of aromatic hydroxyl groups is 1. The Morgan fingerprint density at radius 2 is 1.47 bits per heavy atom. The summed E-state index contributed by atoms with van der Waals surface area (Å²) in [6, 6.07) is 6.98. The quantitative estimate of drug-likeness (QED) is 0.791. The van der Waals surface area contributed by atoms with Crippen molar-refractivity contribution in [3.8, 4) is 11.5 Å². The molecule has 0 amide bonds. The molecule has 0 radical (unpaired) electrons. The summed E-state index contributed by atoms with van der Waals surface area (Å²) in [5.41, 5.74) is 0. The van der Waals surface area contributed by atoms with Gasteiger partial charge in [0.05, 0.1) is 0 Å². The first-order valence-electron chi connectivity index (χ1n) is 7.61. The van der Waals surface area contributed by atoms with Crippen LogP contribution >= 0.6 is 0 Å². The van der Waals surface area contributed by atoms with Crippen molar-refractivity contribution in [1.82, 2.24) is 0 Å². The number of hydrogen-bond acceptors (Lipinski definition) is 2. The van der Waals surface area contributed by atoms with Crippen molar-refractivity contribution in [2.24, 2.45) is 11.8 Å². The van der Waals surface area contributed by atoms with E-state index in [9.17, 15) is 0 Å². The largest absolute Gasteiger partial charge is 0.508 e. The van der Waals surface area contributed by atoms with Crippen LogP contribution < -0.4 is 4.74 Å². The number of rotatable bonds is 2. The molecule has 0 heterocycles. The summed E-state index contributed by atoms with van der Waals surface area (Å²) in [6.45, 7) is 12.5. The molecule has 0 aliphatic heterocycles. The van der Waals surface area contributed by atoms with Crippen LogP contribution in [0.15, 0.2) is 24.3 Å². The highest BCUT2D eigenvalue weighted by Gasteiger charge is 2.30. The van der Waals surface area contributed by atoms with Crippen LogP contribution in [0.3, 0.4) is 0 Å². The Bertz CT molecular complexity index is 319. The van der Waals surface area contributed by atoms with Gasteiger partial charge in [0.15, 0.2) is 0 Å². The summed E-state index contributed by atoms with van der Waals surface area (Å²) in [6.07, 6.45) is 2.73. The number of benzene rings is 1. The molecule has 0 spiro atoms. The Morgan fingerprint density at radius 1 is 0.947 bits per heavy atom. The Kier molecular flexibility index (Phi) is 9.11. The molecule has 2 nitrogen and oxygen atoms in total. The highest BCUT2D eigenvalue weighted by Crippen LogP contribution is 2.33. The van der Waals surface area contributed by atoms with Crippen molar-refractivity contribution in [2.75, 3.05) is 0 Å². The molecule has 0 saturated heterocycles. The predicted molar refractivity (Wildman–Crippen MR) is 82.8 cm³/mol. The molecule has 110 valence electrons. The van der Waals surface area contributed by atoms with Gasteiger partial charge in [-0.2, -0.15) is 0 Å². The zero-order chi connectivity index (χ0) is 14.8. The van der Waals surface area contributed by atoms with Gasteiger partial charge in [-0.1, -0.05) is 41.5 Å². The van der Waals surface area contributed by atoms with E-state index in [4.69, 9.17) is 9.84 Å². The molecule has 1 N–H and O–H groups in total. The van der Waals surface area contributed by atoms with Gasteiger partial charge in [0.2, 0.25) is 0 Å². The minimum Gasteiger partial charge on any atom is -0.508 e. The molecule has 0 aromatic heterocycles.